The van der Waals surface area contributed by atoms with Crippen LogP contribution in [0.15, 0.2) is 70.5 Å². The number of para-hydroxylation sites is 2. The first-order valence-electron chi connectivity index (χ1n) is 10.5. The van der Waals surface area contributed by atoms with Crippen LogP contribution >= 0.6 is 11.8 Å². The number of anilines is 2. The number of aromatic nitrogens is 2. The molecule has 1 aliphatic heterocycles. The molecule has 2 aromatic carbocycles. The van der Waals surface area contributed by atoms with Gasteiger partial charge in [-0.3, -0.25) is 4.79 Å². The molecule has 0 unspecified atom stereocenters. The van der Waals surface area contributed by atoms with Crippen LogP contribution in [0.25, 0.3) is 11.0 Å². The molecule has 1 saturated heterocycles. The number of carbonyl (C=O) groups is 1. The molecular weight excluding hydrogens is 427 g/mol. The van der Waals surface area contributed by atoms with E-state index >= 15 is 0 Å². The number of nitrogens with one attached hydrogen (secondary N) is 1. The number of carbonyl (C=O) groups excluding carboxylic acids is 1. The van der Waals surface area contributed by atoms with Crippen molar-refractivity contribution in [3.8, 4) is 0 Å². The second-order valence-electron chi connectivity index (χ2n) is 7.51. The topological polar surface area (TPSA) is 71.3 Å². The van der Waals surface area contributed by atoms with Crippen LogP contribution in [-0.2, 0) is 5.75 Å². The van der Waals surface area contributed by atoms with Gasteiger partial charge in [0, 0.05) is 42.2 Å². The number of amides is 1. The monoisotopic (exact) mass is 448 g/mol. The predicted octanol–water partition coefficient (Wildman–Crippen LogP) is 5.51. The summed E-state index contributed by atoms with van der Waals surface area (Å²) in [5, 5.41) is 4.23. The maximum absolute atomic E-state index is 14.8. The van der Waals surface area contributed by atoms with Crippen molar-refractivity contribution in [2.75, 3.05) is 23.3 Å². The number of halogens is 1. The van der Waals surface area contributed by atoms with Gasteiger partial charge in [0.05, 0.1) is 5.69 Å². The molecule has 0 spiro atoms. The third kappa shape index (κ3) is 4.05. The number of fused-ring (bicyclic) bond motifs is 1. The first-order valence-corrected chi connectivity index (χ1v) is 11.4. The van der Waals surface area contributed by atoms with Crippen molar-refractivity contribution in [1.29, 1.82) is 0 Å². The second kappa shape index (κ2) is 9.00. The fourth-order valence-corrected chi connectivity index (χ4v) is 4.78. The molecular formula is C24H21FN4O2S. The smallest absolute Gasteiger partial charge is 0.291 e. The molecule has 5 rings (SSSR count). The molecule has 0 aliphatic carbocycles. The molecule has 0 saturated carbocycles. The summed E-state index contributed by atoms with van der Waals surface area (Å²) in [4.78, 5) is 23.9. The molecule has 0 radical (unpaired) electrons. The van der Waals surface area contributed by atoms with Crippen molar-refractivity contribution in [2.45, 2.75) is 23.8 Å². The zero-order chi connectivity index (χ0) is 21.9. The maximum atomic E-state index is 14.8. The maximum Gasteiger partial charge on any atom is 0.291 e. The van der Waals surface area contributed by atoms with Crippen LogP contribution in [-0.4, -0.2) is 29.0 Å². The van der Waals surface area contributed by atoms with Gasteiger partial charge in [-0.2, -0.15) is 0 Å². The SMILES string of the molecule is O=C(Nc1c(F)cccc1N1CCCC1)c1oc2ccccc2c1CSc1ncccn1. The Morgan fingerprint density at radius 1 is 1.06 bits per heavy atom. The minimum absolute atomic E-state index is 0.172. The van der Waals surface area contributed by atoms with Crippen molar-refractivity contribution in [3.63, 3.8) is 0 Å². The third-order valence-corrected chi connectivity index (χ3v) is 6.37. The molecule has 8 heteroatoms. The molecule has 1 fully saturated rings. The largest absolute Gasteiger partial charge is 0.451 e. The highest BCUT2D eigenvalue weighted by Crippen LogP contribution is 2.34. The Kier molecular flexibility index (Phi) is 5.77. The van der Waals surface area contributed by atoms with Crippen LogP contribution in [0.1, 0.15) is 29.0 Å². The minimum atomic E-state index is -0.476. The van der Waals surface area contributed by atoms with Gasteiger partial charge in [0.15, 0.2) is 10.9 Å². The lowest BCUT2D eigenvalue weighted by atomic mass is 10.1. The van der Waals surface area contributed by atoms with Crippen LogP contribution < -0.4 is 10.2 Å². The van der Waals surface area contributed by atoms with Crippen molar-refractivity contribution in [3.05, 3.63) is 78.1 Å². The highest BCUT2D eigenvalue weighted by molar-refractivity contribution is 7.98. The van der Waals surface area contributed by atoms with Crippen LogP contribution in [0.3, 0.4) is 0 Å². The lowest BCUT2D eigenvalue weighted by Crippen LogP contribution is -2.22. The summed E-state index contributed by atoms with van der Waals surface area (Å²) >= 11 is 1.41. The molecule has 3 heterocycles. The van der Waals surface area contributed by atoms with Gasteiger partial charge in [0.1, 0.15) is 17.1 Å². The summed E-state index contributed by atoms with van der Waals surface area (Å²) in [5.41, 5.74) is 2.22. The van der Waals surface area contributed by atoms with E-state index < -0.39 is 11.7 Å². The molecule has 2 aromatic heterocycles. The summed E-state index contributed by atoms with van der Waals surface area (Å²) in [5.74, 6) is -0.325. The van der Waals surface area contributed by atoms with E-state index in [9.17, 15) is 9.18 Å². The Bertz CT molecular complexity index is 1260. The fourth-order valence-electron chi connectivity index (χ4n) is 3.95. The first kappa shape index (κ1) is 20.5. The lowest BCUT2D eigenvalue weighted by molar-refractivity contribution is 0.0997. The van der Waals surface area contributed by atoms with Crippen LogP contribution in [0.5, 0.6) is 0 Å². The summed E-state index contributed by atoms with van der Waals surface area (Å²) in [6.07, 6.45) is 5.45. The number of nitrogens with zero attached hydrogens (tertiary/aromatic N) is 3. The Morgan fingerprint density at radius 2 is 1.84 bits per heavy atom. The zero-order valence-corrected chi connectivity index (χ0v) is 18.1. The van der Waals surface area contributed by atoms with Crippen molar-refractivity contribution < 1.29 is 13.6 Å². The van der Waals surface area contributed by atoms with Crippen LogP contribution in [0, 0.1) is 5.82 Å². The van der Waals surface area contributed by atoms with Gasteiger partial charge >= 0.3 is 0 Å². The number of benzene rings is 2. The normalized spacial score (nSPS) is 13.6. The number of thioether (sulfide) groups is 1. The molecule has 4 aromatic rings. The molecule has 162 valence electrons. The van der Waals surface area contributed by atoms with Gasteiger partial charge in [-0.05, 0) is 37.1 Å². The summed E-state index contributed by atoms with van der Waals surface area (Å²) in [6.45, 7) is 1.69. The standard InChI is InChI=1S/C24H21FN4O2S/c25-18-8-5-9-19(29-13-3-4-14-29)21(18)28-23(30)22-17(15-32-24-26-11-6-12-27-24)16-7-1-2-10-20(16)31-22/h1-2,5-12H,3-4,13-15H2,(H,28,30). The molecule has 0 atom stereocenters. The average molecular weight is 449 g/mol. The average Bonchev–Trinajstić information content (AvgIpc) is 3.48. The number of rotatable bonds is 6. The quantitative estimate of drug-likeness (QED) is 0.310. The Labute approximate surface area is 188 Å². The molecule has 0 bridgehead atoms. The number of furan rings is 1. The lowest BCUT2D eigenvalue weighted by Gasteiger charge is -2.21. The Hall–Kier alpha value is -3.39. The van der Waals surface area contributed by atoms with E-state index in [1.807, 2.05) is 30.3 Å². The Balaban J connectivity index is 1.48. The summed E-state index contributed by atoms with van der Waals surface area (Å²) < 4.78 is 20.7. The highest BCUT2D eigenvalue weighted by Gasteiger charge is 2.25. The van der Waals surface area contributed by atoms with Crippen molar-refractivity contribution in [1.82, 2.24) is 9.97 Å². The van der Waals surface area contributed by atoms with Crippen LogP contribution in [0.4, 0.5) is 15.8 Å². The van der Waals surface area contributed by atoms with Gasteiger partial charge in [0.2, 0.25) is 0 Å². The van der Waals surface area contributed by atoms with Gasteiger partial charge in [-0.15, -0.1) is 0 Å². The predicted molar refractivity (Wildman–Crippen MR) is 124 cm³/mol. The fraction of sp³-hybridized carbons (Fsp3) is 0.208. The van der Waals surface area contributed by atoms with Crippen molar-refractivity contribution >= 4 is 40.0 Å². The van der Waals surface area contributed by atoms with E-state index in [1.165, 1.54) is 17.8 Å². The van der Waals surface area contributed by atoms with Crippen molar-refractivity contribution in [2.24, 2.45) is 0 Å². The minimum Gasteiger partial charge on any atom is -0.451 e. The van der Waals surface area contributed by atoms with Gasteiger partial charge in [-0.1, -0.05) is 36.0 Å². The Morgan fingerprint density at radius 3 is 2.66 bits per heavy atom. The first-order chi connectivity index (χ1) is 15.7. The summed E-state index contributed by atoms with van der Waals surface area (Å²) in [6, 6.07) is 14.1. The van der Waals surface area contributed by atoms with E-state index in [2.05, 4.69) is 20.2 Å². The van der Waals surface area contributed by atoms with Gasteiger partial charge in [0.25, 0.3) is 5.91 Å². The van der Waals surface area contributed by atoms with Crippen LogP contribution in [0.2, 0.25) is 0 Å². The highest BCUT2D eigenvalue weighted by atomic mass is 32.2. The van der Waals surface area contributed by atoms with Gasteiger partial charge in [-0.25, -0.2) is 14.4 Å². The van der Waals surface area contributed by atoms with Gasteiger partial charge < -0.3 is 14.6 Å². The van der Waals surface area contributed by atoms with E-state index in [0.29, 0.717) is 22.2 Å². The zero-order valence-electron chi connectivity index (χ0n) is 17.3. The molecule has 6 nitrogen and oxygen atoms in total. The van der Waals surface area contributed by atoms with E-state index in [-0.39, 0.29) is 11.4 Å². The second-order valence-corrected chi connectivity index (χ2v) is 8.45. The molecule has 1 N–H and O–H groups in total. The molecule has 32 heavy (non-hydrogen) atoms. The third-order valence-electron chi connectivity index (χ3n) is 5.47. The number of hydrogen-bond acceptors (Lipinski definition) is 6. The van der Waals surface area contributed by atoms with E-state index in [0.717, 1.165) is 36.9 Å². The molecule has 1 amide bonds. The number of hydrogen-bond donors (Lipinski definition) is 1. The van der Waals surface area contributed by atoms with E-state index in [4.69, 9.17) is 4.42 Å². The molecule has 1 aliphatic rings. The van der Waals surface area contributed by atoms with E-state index in [1.54, 1.807) is 24.5 Å². The summed E-state index contributed by atoms with van der Waals surface area (Å²) in [7, 11) is 0.